The molecule has 1 aliphatic carbocycles. The summed E-state index contributed by atoms with van der Waals surface area (Å²) >= 11 is 0. The molecule has 0 unspecified atom stereocenters. The maximum Gasteiger partial charge on any atom is 0.264 e. The normalized spacial score (nSPS) is 18.9. The Balaban J connectivity index is 2.74. The van der Waals surface area contributed by atoms with Crippen molar-refractivity contribution in [2.75, 3.05) is 5.75 Å². The summed E-state index contributed by atoms with van der Waals surface area (Å²) in [6, 6.07) is -1.19. The predicted octanol–water partition coefficient (Wildman–Crippen LogP) is 3.77. The van der Waals surface area contributed by atoms with Crippen LogP contribution in [-0.2, 0) is 19.7 Å². The first-order valence-electron chi connectivity index (χ1n) is 10.7. The van der Waals surface area contributed by atoms with Gasteiger partial charge < -0.3 is 11.1 Å². The van der Waals surface area contributed by atoms with Crippen molar-refractivity contribution in [3.63, 3.8) is 0 Å². The van der Waals surface area contributed by atoms with Gasteiger partial charge in [-0.2, -0.15) is 8.42 Å². The van der Waals surface area contributed by atoms with E-state index in [0.29, 0.717) is 5.57 Å². The van der Waals surface area contributed by atoms with Gasteiger partial charge in [-0.3, -0.25) is 14.1 Å². The topological polar surface area (TPSA) is 127 Å². The molecule has 1 rings (SSSR count). The Kier molecular flexibility index (Phi) is 10.3. The van der Waals surface area contributed by atoms with Crippen molar-refractivity contribution < 1.29 is 22.6 Å². The van der Waals surface area contributed by atoms with Crippen LogP contribution in [0, 0.1) is 5.41 Å². The lowest BCUT2D eigenvalue weighted by molar-refractivity contribution is -0.125. The van der Waals surface area contributed by atoms with Crippen molar-refractivity contribution in [1.82, 2.24) is 5.32 Å². The largest absolute Gasteiger partial charge is 0.368 e. The molecule has 0 bridgehead atoms. The molecule has 0 radical (unpaired) electrons. The highest BCUT2D eigenvalue weighted by Gasteiger charge is 2.26. The molecule has 7 nitrogen and oxygen atoms in total. The summed E-state index contributed by atoms with van der Waals surface area (Å²) in [6.45, 7) is 10.5. The average Bonchev–Trinajstić information content (AvgIpc) is 2.63. The van der Waals surface area contributed by atoms with Gasteiger partial charge in [-0.25, -0.2) is 0 Å². The van der Waals surface area contributed by atoms with Gasteiger partial charge >= 0.3 is 0 Å². The van der Waals surface area contributed by atoms with Gasteiger partial charge in [0.05, 0.1) is 5.75 Å². The molecule has 1 atom stereocenters. The Labute approximate surface area is 192 Å². The second kappa shape index (κ2) is 12.0. The highest BCUT2D eigenvalue weighted by Crippen LogP contribution is 2.40. The van der Waals surface area contributed by atoms with Gasteiger partial charge in [-0.05, 0) is 63.0 Å². The number of rotatable bonds is 10. The third-order valence-corrected chi connectivity index (χ3v) is 6.21. The Morgan fingerprint density at radius 2 is 1.88 bits per heavy atom. The second-order valence-corrected chi connectivity index (χ2v) is 10.5. The summed E-state index contributed by atoms with van der Waals surface area (Å²) in [6.07, 6.45) is 14.4. The third kappa shape index (κ3) is 10.2. The van der Waals surface area contributed by atoms with Gasteiger partial charge in [0.2, 0.25) is 11.8 Å². The summed E-state index contributed by atoms with van der Waals surface area (Å²) in [5.74, 6) is -2.12. The van der Waals surface area contributed by atoms with E-state index in [1.54, 1.807) is 13.0 Å². The van der Waals surface area contributed by atoms with Crippen LogP contribution in [0.3, 0.4) is 0 Å². The Hall–Kier alpha value is -2.45. The number of allylic oxidation sites excluding steroid dienone is 9. The summed E-state index contributed by atoms with van der Waals surface area (Å²) in [7, 11) is -4.25. The van der Waals surface area contributed by atoms with Crippen LogP contribution in [0.2, 0.25) is 0 Å². The molecular weight excluding hydrogens is 428 g/mol. The average molecular weight is 465 g/mol. The molecule has 32 heavy (non-hydrogen) atoms. The molecule has 8 heteroatoms. The number of hydrogen-bond acceptors (Lipinski definition) is 4. The minimum atomic E-state index is -4.25. The van der Waals surface area contributed by atoms with E-state index in [2.05, 4.69) is 38.2 Å². The van der Waals surface area contributed by atoms with E-state index in [0.717, 1.165) is 12.0 Å². The molecule has 0 heterocycles. The van der Waals surface area contributed by atoms with Gasteiger partial charge in [-0.1, -0.05) is 55.4 Å². The number of nitrogens with one attached hydrogen (secondary N) is 1. The van der Waals surface area contributed by atoms with E-state index in [9.17, 15) is 18.0 Å². The first-order chi connectivity index (χ1) is 14.7. The first kappa shape index (κ1) is 27.6. The van der Waals surface area contributed by atoms with Crippen LogP contribution in [0.15, 0.2) is 58.7 Å². The summed E-state index contributed by atoms with van der Waals surface area (Å²) in [5, 5.41) is 2.36. The molecule has 0 saturated heterocycles. The zero-order chi connectivity index (χ0) is 24.5. The minimum Gasteiger partial charge on any atom is -0.368 e. The van der Waals surface area contributed by atoms with E-state index in [-0.39, 0.29) is 11.8 Å². The number of amides is 2. The maximum absolute atomic E-state index is 12.1. The fourth-order valence-electron chi connectivity index (χ4n) is 3.65. The molecule has 0 aromatic rings. The zero-order valence-electron chi connectivity index (χ0n) is 19.6. The van der Waals surface area contributed by atoms with E-state index in [1.807, 2.05) is 19.1 Å². The highest BCUT2D eigenvalue weighted by molar-refractivity contribution is 7.85. The van der Waals surface area contributed by atoms with Gasteiger partial charge in [0.25, 0.3) is 10.1 Å². The van der Waals surface area contributed by atoms with Crippen LogP contribution in [0.25, 0.3) is 0 Å². The molecule has 4 N–H and O–H groups in total. The summed E-state index contributed by atoms with van der Waals surface area (Å²) in [4.78, 5) is 23.5. The molecule has 0 aliphatic heterocycles. The van der Waals surface area contributed by atoms with E-state index < -0.39 is 33.7 Å². The van der Waals surface area contributed by atoms with E-state index >= 15 is 0 Å². The van der Waals surface area contributed by atoms with Crippen LogP contribution in [0.5, 0.6) is 0 Å². The summed E-state index contributed by atoms with van der Waals surface area (Å²) < 4.78 is 30.5. The molecule has 0 aromatic carbocycles. The number of carbonyl (C=O) groups excluding carboxylic acids is 2. The van der Waals surface area contributed by atoms with Crippen molar-refractivity contribution in [3.8, 4) is 0 Å². The standard InChI is InChI=1S/C24H36N2O5S/c1-17(11-12-20-19(3)10-7-14-24(20,4)5)8-6-9-18(2)16-22(27)26-21(23(25)28)13-15-32(29,30)31/h6,8-9,11-12,16,21H,7,10,13-15H2,1-5H3,(H2,25,28)(H,26,27)(H,29,30,31)/b9-6+,12-11+,17-8+,18-16+/t21-/m0/s1. The first-order valence-corrected chi connectivity index (χ1v) is 12.3. The van der Waals surface area contributed by atoms with Gasteiger partial charge in [0.1, 0.15) is 6.04 Å². The van der Waals surface area contributed by atoms with E-state index in [1.165, 1.54) is 30.1 Å². The minimum absolute atomic E-state index is 0.186. The molecule has 0 aromatic heterocycles. The zero-order valence-corrected chi connectivity index (χ0v) is 20.5. The fraction of sp³-hybridized carbons (Fsp3) is 0.500. The summed E-state index contributed by atoms with van der Waals surface area (Å²) in [5.41, 5.74) is 9.91. The Bertz CT molecular complexity index is 966. The molecular formula is C24H36N2O5S. The molecule has 0 saturated carbocycles. The van der Waals surface area contributed by atoms with Crippen LogP contribution in [-0.4, -0.2) is 36.6 Å². The lowest BCUT2D eigenvalue weighted by Crippen LogP contribution is -2.44. The third-order valence-electron chi connectivity index (χ3n) is 5.46. The molecule has 0 spiro atoms. The Morgan fingerprint density at radius 3 is 2.44 bits per heavy atom. The quantitative estimate of drug-likeness (QED) is 0.258. The SMILES string of the molecule is CC1=C(/C=C/C(C)=C/C=C/C(C)=C/C(=O)N[C@@H](CCS(=O)(=O)O)C(N)=O)C(C)(C)CCC1. The molecule has 1 aliphatic rings. The van der Waals surface area contributed by atoms with Crippen molar-refractivity contribution in [2.24, 2.45) is 11.1 Å². The number of carbonyl (C=O) groups is 2. The number of nitrogens with two attached hydrogens (primary N) is 1. The predicted molar refractivity (Wildman–Crippen MR) is 128 cm³/mol. The van der Waals surface area contributed by atoms with Crippen molar-refractivity contribution >= 4 is 21.9 Å². The number of primary amides is 1. The highest BCUT2D eigenvalue weighted by atomic mass is 32.2. The monoisotopic (exact) mass is 464 g/mol. The van der Waals surface area contributed by atoms with Gasteiger partial charge in [0, 0.05) is 6.08 Å². The van der Waals surface area contributed by atoms with Crippen molar-refractivity contribution in [3.05, 3.63) is 58.7 Å². The maximum atomic E-state index is 12.1. The van der Waals surface area contributed by atoms with Crippen LogP contribution in [0.4, 0.5) is 0 Å². The Morgan fingerprint density at radius 1 is 1.22 bits per heavy atom. The number of hydrogen-bond donors (Lipinski definition) is 3. The lowest BCUT2D eigenvalue weighted by Gasteiger charge is -2.32. The fourth-order valence-corrected chi connectivity index (χ4v) is 4.19. The molecule has 178 valence electrons. The second-order valence-electron chi connectivity index (χ2n) is 8.96. The van der Waals surface area contributed by atoms with Crippen LogP contribution in [0.1, 0.15) is 60.3 Å². The van der Waals surface area contributed by atoms with Gasteiger partial charge in [0.15, 0.2) is 0 Å². The lowest BCUT2D eigenvalue weighted by atomic mass is 9.72. The molecule has 2 amide bonds. The van der Waals surface area contributed by atoms with Gasteiger partial charge in [-0.15, -0.1) is 0 Å². The smallest absolute Gasteiger partial charge is 0.264 e. The van der Waals surface area contributed by atoms with Crippen LogP contribution >= 0.6 is 0 Å². The molecule has 0 fully saturated rings. The van der Waals surface area contributed by atoms with Crippen LogP contribution < -0.4 is 11.1 Å². The van der Waals surface area contributed by atoms with Crippen molar-refractivity contribution in [1.29, 1.82) is 0 Å². The van der Waals surface area contributed by atoms with Crippen molar-refractivity contribution in [2.45, 2.75) is 66.3 Å². The van der Waals surface area contributed by atoms with E-state index in [4.69, 9.17) is 10.3 Å².